The number of H-pyrrole nitrogens is 2. The van der Waals surface area contributed by atoms with Crippen LogP contribution in [-0.4, -0.2) is 50.8 Å². The summed E-state index contributed by atoms with van der Waals surface area (Å²) in [6.45, 7) is -0.243. The molecule has 13 heteroatoms. The maximum Gasteiger partial charge on any atom is 0.314 e. The summed E-state index contributed by atoms with van der Waals surface area (Å²) < 4.78 is 25.4. The molecule has 26 heavy (non-hydrogen) atoms. The van der Waals surface area contributed by atoms with Crippen LogP contribution in [0, 0.1) is 0 Å². The van der Waals surface area contributed by atoms with Gasteiger partial charge >= 0.3 is 17.1 Å². The Morgan fingerprint density at radius 2 is 1.85 bits per heavy atom. The van der Waals surface area contributed by atoms with Gasteiger partial charge in [-0.15, -0.1) is 0 Å². The standard InChI is InChI=1S/C13H15Cl2N5O5S/c1-16-13(23)17-3-4-20(26(2,24)25)10-8(15)6(14)5-7-9(10)19-12(22)11(21)18-7/h5H,3-4H2,1-2H3,(H,18,21)(H,19,22)(H2,16,17,23). The Balaban J connectivity index is 2.67. The number of sulfonamides is 1. The van der Waals surface area contributed by atoms with E-state index in [1.807, 2.05) is 0 Å². The smallest absolute Gasteiger partial charge is 0.314 e. The third kappa shape index (κ3) is 4.11. The SMILES string of the molecule is CNC(=O)NCCN(c1c(Cl)c(Cl)cc2[nH]c(=O)c(=O)[nH]c12)S(C)(=O)=O. The fraction of sp³-hybridized carbons (Fsp3) is 0.308. The summed E-state index contributed by atoms with van der Waals surface area (Å²) in [6.07, 6.45) is 0.930. The minimum absolute atomic E-state index is 0.00521. The predicted molar refractivity (Wildman–Crippen MR) is 99.9 cm³/mol. The Morgan fingerprint density at radius 1 is 1.23 bits per heavy atom. The van der Waals surface area contributed by atoms with Crippen molar-refractivity contribution in [1.29, 1.82) is 0 Å². The summed E-state index contributed by atoms with van der Waals surface area (Å²) in [6, 6.07) is 0.793. The Labute approximate surface area is 157 Å². The average molecular weight is 424 g/mol. The summed E-state index contributed by atoms with van der Waals surface area (Å²) in [5.74, 6) is 0. The van der Waals surface area contributed by atoms with Crippen molar-refractivity contribution in [2.45, 2.75) is 0 Å². The maximum absolute atomic E-state index is 12.3. The lowest BCUT2D eigenvalue weighted by Gasteiger charge is -2.25. The highest BCUT2D eigenvalue weighted by Gasteiger charge is 2.25. The summed E-state index contributed by atoms with van der Waals surface area (Å²) in [4.78, 5) is 39.1. The number of carbonyl (C=O) groups excluding carboxylic acids is 1. The van der Waals surface area contributed by atoms with Crippen molar-refractivity contribution in [3.8, 4) is 0 Å². The Hall–Kier alpha value is -2.24. The Morgan fingerprint density at radius 3 is 2.42 bits per heavy atom. The highest BCUT2D eigenvalue weighted by molar-refractivity contribution is 7.92. The number of aromatic amines is 2. The highest BCUT2D eigenvalue weighted by atomic mass is 35.5. The minimum atomic E-state index is -3.87. The van der Waals surface area contributed by atoms with Crippen molar-refractivity contribution < 1.29 is 13.2 Å². The van der Waals surface area contributed by atoms with E-state index in [1.165, 1.54) is 13.1 Å². The molecule has 142 valence electrons. The summed E-state index contributed by atoms with van der Waals surface area (Å²) in [5.41, 5.74) is -1.91. The number of hydrogen-bond acceptors (Lipinski definition) is 5. The van der Waals surface area contributed by atoms with Gasteiger partial charge in [-0.3, -0.25) is 13.9 Å². The molecule has 4 N–H and O–H groups in total. The summed E-state index contributed by atoms with van der Waals surface area (Å²) in [7, 11) is -2.46. The number of halogens is 2. The molecule has 0 saturated carbocycles. The van der Waals surface area contributed by atoms with Crippen molar-refractivity contribution in [3.05, 3.63) is 36.8 Å². The fourth-order valence-corrected chi connectivity index (χ4v) is 3.66. The number of urea groups is 1. The lowest BCUT2D eigenvalue weighted by molar-refractivity contribution is 0.243. The molecule has 0 aliphatic carbocycles. The van der Waals surface area contributed by atoms with Gasteiger partial charge in [-0.2, -0.15) is 0 Å². The monoisotopic (exact) mass is 423 g/mol. The van der Waals surface area contributed by atoms with Crippen molar-refractivity contribution in [3.63, 3.8) is 0 Å². The lowest BCUT2D eigenvalue weighted by Crippen LogP contribution is -2.41. The quantitative estimate of drug-likeness (QED) is 0.508. The van der Waals surface area contributed by atoms with Gasteiger partial charge in [0.2, 0.25) is 10.0 Å². The molecular weight excluding hydrogens is 409 g/mol. The van der Waals surface area contributed by atoms with Crippen LogP contribution in [0.1, 0.15) is 0 Å². The molecule has 0 atom stereocenters. The molecule has 2 aromatic rings. The van der Waals surface area contributed by atoms with Crippen molar-refractivity contribution >= 4 is 56.0 Å². The second-order valence-electron chi connectivity index (χ2n) is 5.19. The fourth-order valence-electron chi connectivity index (χ4n) is 2.22. The van der Waals surface area contributed by atoms with Crippen LogP contribution >= 0.6 is 23.2 Å². The molecule has 2 rings (SSSR count). The van der Waals surface area contributed by atoms with E-state index in [4.69, 9.17) is 23.2 Å². The van der Waals surface area contributed by atoms with Crippen LogP contribution in [0.5, 0.6) is 0 Å². The van der Waals surface area contributed by atoms with E-state index in [9.17, 15) is 22.8 Å². The van der Waals surface area contributed by atoms with Gasteiger partial charge in [0.05, 0.1) is 39.6 Å². The van der Waals surface area contributed by atoms with Crippen molar-refractivity contribution in [1.82, 2.24) is 20.6 Å². The molecule has 0 saturated heterocycles. The third-order valence-corrected chi connectivity index (χ3v) is 5.31. The maximum atomic E-state index is 12.3. The van der Waals surface area contributed by atoms with Gasteiger partial charge in [-0.25, -0.2) is 13.2 Å². The Kier molecular flexibility index (Phi) is 5.84. The largest absolute Gasteiger partial charge is 0.341 e. The van der Waals surface area contributed by atoms with Gasteiger partial charge < -0.3 is 20.6 Å². The topological polar surface area (TPSA) is 144 Å². The lowest BCUT2D eigenvalue weighted by atomic mass is 10.2. The number of rotatable bonds is 5. The van der Waals surface area contributed by atoms with Gasteiger partial charge in [0.1, 0.15) is 0 Å². The first kappa shape index (κ1) is 20.1. The molecular formula is C13H15Cl2N5O5S. The van der Waals surface area contributed by atoms with Gasteiger partial charge in [-0.05, 0) is 6.07 Å². The van der Waals surface area contributed by atoms with Gasteiger partial charge in [0.15, 0.2) is 0 Å². The molecule has 0 spiro atoms. The molecule has 1 aromatic heterocycles. The zero-order chi connectivity index (χ0) is 19.6. The molecule has 0 fully saturated rings. The van der Waals surface area contributed by atoms with E-state index < -0.39 is 27.2 Å². The van der Waals surface area contributed by atoms with Gasteiger partial charge in [0.25, 0.3) is 0 Å². The van der Waals surface area contributed by atoms with Crippen LogP contribution < -0.4 is 26.1 Å². The number of benzene rings is 1. The molecule has 0 aliphatic heterocycles. The zero-order valence-electron chi connectivity index (χ0n) is 13.6. The van der Waals surface area contributed by atoms with E-state index in [0.29, 0.717) is 0 Å². The van der Waals surface area contributed by atoms with E-state index in [1.54, 1.807) is 0 Å². The van der Waals surface area contributed by atoms with Crippen molar-refractivity contribution in [2.24, 2.45) is 0 Å². The van der Waals surface area contributed by atoms with Crippen LogP contribution in [0.3, 0.4) is 0 Å². The number of aromatic nitrogens is 2. The summed E-state index contributed by atoms with van der Waals surface area (Å²) in [5, 5.41) is 4.62. The molecule has 10 nitrogen and oxygen atoms in total. The summed E-state index contributed by atoms with van der Waals surface area (Å²) >= 11 is 12.2. The van der Waals surface area contributed by atoms with Crippen molar-refractivity contribution in [2.75, 3.05) is 30.7 Å². The number of anilines is 1. The highest BCUT2D eigenvalue weighted by Crippen LogP contribution is 2.38. The molecule has 0 bridgehead atoms. The van der Waals surface area contributed by atoms with Gasteiger partial charge in [-0.1, -0.05) is 23.2 Å². The number of nitrogens with zero attached hydrogens (tertiary/aromatic N) is 1. The van der Waals surface area contributed by atoms with E-state index in [2.05, 4.69) is 20.6 Å². The first-order chi connectivity index (χ1) is 12.1. The van der Waals surface area contributed by atoms with Crippen LogP contribution in [0.25, 0.3) is 11.0 Å². The van der Waals surface area contributed by atoms with Gasteiger partial charge in [0, 0.05) is 13.6 Å². The molecule has 0 unspecified atom stereocenters. The number of fused-ring (bicyclic) bond motifs is 1. The predicted octanol–water partition coefficient (Wildman–Crippen LogP) is 0.218. The molecule has 2 amide bonds. The number of carbonyl (C=O) groups is 1. The van der Waals surface area contributed by atoms with E-state index >= 15 is 0 Å². The van der Waals surface area contributed by atoms with Crippen LogP contribution in [-0.2, 0) is 10.0 Å². The number of amides is 2. The molecule has 0 aliphatic rings. The first-order valence-electron chi connectivity index (χ1n) is 7.14. The number of hydrogen-bond donors (Lipinski definition) is 4. The van der Waals surface area contributed by atoms with E-state index in [-0.39, 0.29) is 39.9 Å². The second kappa shape index (κ2) is 7.56. The molecule has 0 radical (unpaired) electrons. The Bertz CT molecular complexity index is 1080. The average Bonchev–Trinajstić information content (AvgIpc) is 2.55. The number of nitrogens with one attached hydrogen (secondary N) is 4. The minimum Gasteiger partial charge on any atom is -0.341 e. The van der Waals surface area contributed by atoms with Crippen LogP contribution in [0.15, 0.2) is 15.7 Å². The molecule has 1 aromatic carbocycles. The van der Waals surface area contributed by atoms with Crippen LogP contribution in [0.2, 0.25) is 10.0 Å². The third-order valence-electron chi connectivity index (χ3n) is 3.36. The first-order valence-corrected chi connectivity index (χ1v) is 9.74. The molecule has 1 heterocycles. The zero-order valence-corrected chi connectivity index (χ0v) is 16.0. The van der Waals surface area contributed by atoms with E-state index in [0.717, 1.165) is 10.6 Å². The van der Waals surface area contributed by atoms with Crippen LogP contribution in [0.4, 0.5) is 10.5 Å². The second-order valence-corrected chi connectivity index (χ2v) is 7.88. The normalized spacial score (nSPS) is 11.4.